The van der Waals surface area contributed by atoms with Crippen LogP contribution >= 0.6 is 22.9 Å². The van der Waals surface area contributed by atoms with E-state index >= 15 is 0 Å². The summed E-state index contributed by atoms with van der Waals surface area (Å²) >= 11 is 7.93. The van der Waals surface area contributed by atoms with Gasteiger partial charge in [0.25, 0.3) is 5.56 Å². The molecule has 0 saturated carbocycles. The van der Waals surface area contributed by atoms with Crippen LogP contribution in [0.2, 0.25) is 5.02 Å². The third-order valence-electron chi connectivity index (χ3n) is 5.13. The number of rotatable bonds is 6. The molecule has 4 aromatic rings. The molecule has 0 spiro atoms. The smallest absolute Gasteiger partial charge is 0.280 e. The number of nitrogens with zero attached hydrogens (tertiary/aromatic N) is 5. The number of halogens is 1. The summed E-state index contributed by atoms with van der Waals surface area (Å²) in [6, 6.07) is 7.72. The minimum Gasteiger partial charge on any atom is -0.470 e. The van der Waals surface area contributed by atoms with Crippen LogP contribution in [0.4, 0.5) is 0 Å². The third-order valence-corrected chi connectivity index (χ3v) is 6.27. The molecule has 3 aromatic heterocycles. The van der Waals surface area contributed by atoms with E-state index in [9.17, 15) is 4.79 Å². The van der Waals surface area contributed by atoms with Gasteiger partial charge in [0, 0.05) is 23.1 Å². The molecular weight excluding hydrogens is 458 g/mol. The van der Waals surface area contributed by atoms with Crippen LogP contribution in [0.25, 0.3) is 16.9 Å². The molecule has 7 nitrogen and oxygen atoms in total. The maximum Gasteiger partial charge on any atom is 0.280 e. The Balaban J connectivity index is 1.73. The average molecular weight is 482 g/mol. The SMILES string of the molecule is Cc1nc(COc2nc(C)n(-c3cc(-c4ccnc(C(C)C)n4)ccc3C)c(=O)c2Cl)cs1. The predicted octanol–water partition coefficient (Wildman–Crippen LogP) is 5.43. The van der Waals surface area contributed by atoms with Gasteiger partial charge < -0.3 is 4.74 Å². The zero-order valence-electron chi connectivity index (χ0n) is 19.1. The molecule has 0 radical (unpaired) electrons. The molecule has 0 N–H and O–H groups in total. The summed E-state index contributed by atoms with van der Waals surface area (Å²) in [6.45, 7) is 9.91. The first-order valence-electron chi connectivity index (χ1n) is 10.5. The molecule has 0 amide bonds. The van der Waals surface area contributed by atoms with Gasteiger partial charge in [-0.3, -0.25) is 9.36 Å². The monoisotopic (exact) mass is 481 g/mol. The van der Waals surface area contributed by atoms with E-state index in [0.29, 0.717) is 11.5 Å². The average Bonchev–Trinajstić information content (AvgIpc) is 3.21. The van der Waals surface area contributed by atoms with E-state index in [1.807, 2.05) is 43.5 Å². The number of aromatic nitrogens is 5. The highest BCUT2D eigenvalue weighted by Crippen LogP contribution is 2.26. The molecule has 0 saturated heterocycles. The Labute approximate surface area is 201 Å². The summed E-state index contributed by atoms with van der Waals surface area (Å²) in [5.41, 5.74) is 3.65. The van der Waals surface area contributed by atoms with Crippen molar-refractivity contribution in [2.75, 3.05) is 0 Å². The zero-order chi connectivity index (χ0) is 23.7. The van der Waals surface area contributed by atoms with Crippen LogP contribution in [0, 0.1) is 20.8 Å². The number of aryl methyl sites for hydroxylation is 3. The van der Waals surface area contributed by atoms with Crippen molar-refractivity contribution in [2.45, 2.75) is 47.1 Å². The van der Waals surface area contributed by atoms with Crippen LogP contribution < -0.4 is 10.3 Å². The van der Waals surface area contributed by atoms with Crippen molar-refractivity contribution in [1.82, 2.24) is 24.5 Å². The minimum atomic E-state index is -0.389. The third kappa shape index (κ3) is 4.82. The van der Waals surface area contributed by atoms with Gasteiger partial charge in [-0.05, 0) is 38.5 Å². The Morgan fingerprint density at radius 2 is 1.91 bits per heavy atom. The molecule has 0 atom stereocenters. The van der Waals surface area contributed by atoms with E-state index in [-0.39, 0.29) is 29.0 Å². The molecule has 0 unspecified atom stereocenters. The first-order chi connectivity index (χ1) is 15.7. The number of benzene rings is 1. The van der Waals surface area contributed by atoms with Gasteiger partial charge >= 0.3 is 0 Å². The molecule has 0 aliphatic heterocycles. The summed E-state index contributed by atoms with van der Waals surface area (Å²) in [6.07, 6.45) is 1.75. The second-order valence-electron chi connectivity index (χ2n) is 8.02. The normalized spacial score (nSPS) is 11.2. The van der Waals surface area contributed by atoms with Crippen molar-refractivity contribution in [3.05, 3.63) is 79.1 Å². The van der Waals surface area contributed by atoms with Crippen LogP contribution in [-0.2, 0) is 6.61 Å². The maximum absolute atomic E-state index is 13.2. The molecule has 3 heterocycles. The predicted molar refractivity (Wildman–Crippen MR) is 131 cm³/mol. The number of ether oxygens (including phenoxy) is 1. The summed E-state index contributed by atoms with van der Waals surface area (Å²) in [5, 5.41) is 2.78. The van der Waals surface area contributed by atoms with Gasteiger partial charge in [0.15, 0.2) is 5.02 Å². The highest BCUT2D eigenvalue weighted by atomic mass is 35.5. The highest BCUT2D eigenvalue weighted by Gasteiger charge is 2.18. The van der Waals surface area contributed by atoms with E-state index in [4.69, 9.17) is 16.3 Å². The fourth-order valence-electron chi connectivity index (χ4n) is 3.40. The van der Waals surface area contributed by atoms with Gasteiger partial charge in [0.05, 0.1) is 22.1 Å². The Hall–Kier alpha value is -3.10. The largest absolute Gasteiger partial charge is 0.470 e. The molecule has 33 heavy (non-hydrogen) atoms. The van der Waals surface area contributed by atoms with Crippen molar-refractivity contribution in [2.24, 2.45) is 0 Å². The molecule has 170 valence electrons. The van der Waals surface area contributed by atoms with Crippen LogP contribution in [-0.4, -0.2) is 24.5 Å². The summed E-state index contributed by atoms with van der Waals surface area (Å²) < 4.78 is 7.22. The molecule has 0 aliphatic rings. The van der Waals surface area contributed by atoms with Crippen LogP contribution in [0.3, 0.4) is 0 Å². The molecule has 1 aromatic carbocycles. The van der Waals surface area contributed by atoms with Crippen LogP contribution in [0.15, 0.2) is 40.6 Å². The first-order valence-corrected chi connectivity index (χ1v) is 11.8. The minimum absolute atomic E-state index is 0.0681. The fraction of sp³-hybridized carbons (Fsp3) is 0.292. The standard InChI is InChI=1S/C24H24ClN5O2S/c1-13(2)22-26-9-8-19(29-22)17-7-6-14(3)20(10-17)30-15(4)27-23(21(25)24(30)31)32-11-18-12-33-16(5)28-18/h6-10,12-13H,11H2,1-5H3. The lowest BCUT2D eigenvalue weighted by Gasteiger charge is -2.16. The first kappa shape index (κ1) is 23.1. The molecule has 4 rings (SSSR count). The Bertz CT molecular complexity index is 1380. The Kier molecular flexibility index (Phi) is 6.58. The molecular formula is C24H24ClN5O2S. The van der Waals surface area contributed by atoms with E-state index < -0.39 is 0 Å². The summed E-state index contributed by atoms with van der Waals surface area (Å²) in [4.78, 5) is 31.1. The van der Waals surface area contributed by atoms with Gasteiger partial charge in [0.2, 0.25) is 5.88 Å². The lowest BCUT2D eigenvalue weighted by Crippen LogP contribution is -2.24. The lowest BCUT2D eigenvalue weighted by atomic mass is 10.1. The summed E-state index contributed by atoms with van der Waals surface area (Å²) in [7, 11) is 0. The van der Waals surface area contributed by atoms with Gasteiger partial charge in [-0.15, -0.1) is 11.3 Å². The second-order valence-corrected chi connectivity index (χ2v) is 9.46. The second kappa shape index (κ2) is 9.41. The van der Waals surface area contributed by atoms with E-state index in [1.54, 1.807) is 13.1 Å². The van der Waals surface area contributed by atoms with Gasteiger partial charge in [0.1, 0.15) is 18.3 Å². The van der Waals surface area contributed by atoms with E-state index in [0.717, 1.165) is 33.3 Å². The van der Waals surface area contributed by atoms with Crippen molar-refractivity contribution in [3.63, 3.8) is 0 Å². The zero-order valence-corrected chi connectivity index (χ0v) is 20.7. The van der Waals surface area contributed by atoms with Crippen molar-refractivity contribution in [3.8, 4) is 22.8 Å². The molecule has 0 fully saturated rings. The quantitative estimate of drug-likeness (QED) is 0.365. The topological polar surface area (TPSA) is 82.8 Å². The fourth-order valence-corrected chi connectivity index (χ4v) is 4.18. The van der Waals surface area contributed by atoms with Gasteiger partial charge in [-0.2, -0.15) is 4.98 Å². The number of thiazole rings is 1. The molecule has 9 heteroatoms. The van der Waals surface area contributed by atoms with Crippen molar-refractivity contribution < 1.29 is 4.74 Å². The molecule has 0 aliphatic carbocycles. The van der Waals surface area contributed by atoms with Crippen molar-refractivity contribution in [1.29, 1.82) is 0 Å². The lowest BCUT2D eigenvalue weighted by molar-refractivity contribution is 0.287. The van der Waals surface area contributed by atoms with Crippen LogP contribution in [0.1, 0.15) is 47.7 Å². The van der Waals surface area contributed by atoms with Gasteiger partial charge in [-0.1, -0.05) is 37.6 Å². The Morgan fingerprint density at radius 1 is 1.12 bits per heavy atom. The van der Waals surface area contributed by atoms with E-state index in [2.05, 4.69) is 33.8 Å². The Morgan fingerprint density at radius 3 is 2.61 bits per heavy atom. The molecule has 0 bridgehead atoms. The number of hydrogen-bond donors (Lipinski definition) is 0. The summed E-state index contributed by atoms with van der Waals surface area (Å²) in [5.74, 6) is 1.56. The van der Waals surface area contributed by atoms with Crippen molar-refractivity contribution >= 4 is 22.9 Å². The van der Waals surface area contributed by atoms with Crippen LogP contribution in [0.5, 0.6) is 5.88 Å². The highest BCUT2D eigenvalue weighted by molar-refractivity contribution is 7.09. The maximum atomic E-state index is 13.2. The number of hydrogen-bond acceptors (Lipinski definition) is 7. The van der Waals surface area contributed by atoms with E-state index in [1.165, 1.54) is 15.9 Å². The van der Waals surface area contributed by atoms with Gasteiger partial charge in [-0.25, -0.2) is 15.0 Å².